The maximum absolute atomic E-state index is 13.3. The SMILES string of the molecule is N#Cc1ccc(CCC(=O)N(Cc2cccc(F)c2)C2CC2)cc1. The Balaban J connectivity index is 1.61. The van der Waals surface area contributed by atoms with Crippen molar-refractivity contribution in [3.05, 3.63) is 71.0 Å². The second-order valence-electron chi connectivity index (χ2n) is 6.19. The molecule has 2 aromatic rings. The van der Waals surface area contributed by atoms with Crippen LogP contribution in [-0.2, 0) is 17.8 Å². The lowest BCUT2D eigenvalue weighted by molar-refractivity contribution is -0.132. The molecule has 122 valence electrons. The number of amides is 1. The molecule has 0 spiro atoms. The lowest BCUT2D eigenvalue weighted by Crippen LogP contribution is -2.32. The van der Waals surface area contributed by atoms with Gasteiger partial charge in [0.05, 0.1) is 11.6 Å². The molecule has 1 saturated carbocycles. The van der Waals surface area contributed by atoms with Gasteiger partial charge in [-0.2, -0.15) is 5.26 Å². The summed E-state index contributed by atoms with van der Waals surface area (Å²) >= 11 is 0. The summed E-state index contributed by atoms with van der Waals surface area (Å²) in [5.74, 6) is -0.167. The second kappa shape index (κ2) is 7.27. The molecule has 0 N–H and O–H groups in total. The molecule has 3 nitrogen and oxygen atoms in total. The number of rotatable bonds is 6. The van der Waals surface area contributed by atoms with Crippen LogP contribution in [0.2, 0.25) is 0 Å². The van der Waals surface area contributed by atoms with Crippen molar-refractivity contribution in [2.45, 2.75) is 38.3 Å². The van der Waals surface area contributed by atoms with E-state index in [0.29, 0.717) is 31.0 Å². The standard InChI is InChI=1S/C20H19FN2O/c21-18-3-1-2-17(12-18)14-23(19-9-10-19)20(24)11-8-15-4-6-16(13-22)7-5-15/h1-7,12,19H,8-11,14H2. The van der Waals surface area contributed by atoms with Gasteiger partial charge in [-0.05, 0) is 54.7 Å². The maximum Gasteiger partial charge on any atom is 0.223 e. The quantitative estimate of drug-likeness (QED) is 0.811. The third-order valence-electron chi connectivity index (χ3n) is 4.26. The Morgan fingerprint density at radius 2 is 1.92 bits per heavy atom. The summed E-state index contributed by atoms with van der Waals surface area (Å²) in [7, 11) is 0. The van der Waals surface area contributed by atoms with Crippen LogP contribution in [0.1, 0.15) is 36.0 Å². The molecule has 0 saturated heterocycles. The zero-order valence-electron chi connectivity index (χ0n) is 13.4. The summed E-state index contributed by atoms with van der Waals surface area (Å²) in [5, 5.41) is 8.81. The monoisotopic (exact) mass is 322 g/mol. The van der Waals surface area contributed by atoms with E-state index in [1.165, 1.54) is 12.1 Å². The van der Waals surface area contributed by atoms with Gasteiger partial charge >= 0.3 is 0 Å². The average molecular weight is 322 g/mol. The van der Waals surface area contributed by atoms with E-state index < -0.39 is 0 Å². The third-order valence-corrected chi connectivity index (χ3v) is 4.26. The molecule has 24 heavy (non-hydrogen) atoms. The average Bonchev–Trinajstić information content (AvgIpc) is 3.43. The van der Waals surface area contributed by atoms with Gasteiger partial charge in [0.1, 0.15) is 5.82 Å². The molecule has 1 aliphatic carbocycles. The lowest BCUT2D eigenvalue weighted by Gasteiger charge is -2.22. The van der Waals surface area contributed by atoms with Crippen LogP contribution in [0.3, 0.4) is 0 Å². The molecular weight excluding hydrogens is 303 g/mol. The number of nitrogens with zero attached hydrogens (tertiary/aromatic N) is 2. The van der Waals surface area contributed by atoms with Crippen LogP contribution < -0.4 is 0 Å². The first-order valence-electron chi connectivity index (χ1n) is 8.18. The maximum atomic E-state index is 13.3. The summed E-state index contributed by atoms with van der Waals surface area (Å²) < 4.78 is 13.3. The number of aryl methyl sites for hydroxylation is 1. The topological polar surface area (TPSA) is 44.1 Å². The van der Waals surface area contributed by atoms with Gasteiger partial charge in [-0.3, -0.25) is 4.79 Å². The highest BCUT2D eigenvalue weighted by molar-refractivity contribution is 5.77. The number of nitriles is 1. The fourth-order valence-corrected chi connectivity index (χ4v) is 2.78. The minimum Gasteiger partial charge on any atom is -0.335 e. The van der Waals surface area contributed by atoms with Crippen LogP contribution >= 0.6 is 0 Å². The van der Waals surface area contributed by atoms with Crippen LogP contribution in [0.25, 0.3) is 0 Å². The van der Waals surface area contributed by atoms with E-state index >= 15 is 0 Å². The van der Waals surface area contributed by atoms with E-state index in [9.17, 15) is 9.18 Å². The molecule has 0 bridgehead atoms. The first kappa shape index (κ1) is 16.2. The van der Waals surface area contributed by atoms with Gasteiger partial charge in [0.2, 0.25) is 5.91 Å². The minimum atomic E-state index is -0.270. The van der Waals surface area contributed by atoms with Crippen molar-refractivity contribution < 1.29 is 9.18 Å². The van der Waals surface area contributed by atoms with Crippen molar-refractivity contribution in [2.75, 3.05) is 0 Å². The van der Waals surface area contributed by atoms with Crippen molar-refractivity contribution >= 4 is 5.91 Å². The molecule has 0 atom stereocenters. The van der Waals surface area contributed by atoms with Gasteiger partial charge in [-0.15, -0.1) is 0 Å². The van der Waals surface area contributed by atoms with E-state index in [-0.39, 0.29) is 11.7 Å². The van der Waals surface area contributed by atoms with Crippen molar-refractivity contribution in [3.63, 3.8) is 0 Å². The smallest absolute Gasteiger partial charge is 0.223 e. The summed E-state index contributed by atoms with van der Waals surface area (Å²) in [5.41, 5.74) is 2.49. The van der Waals surface area contributed by atoms with Gasteiger partial charge in [0.25, 0.3) is 0 Å². The van der Waals surface area contributed by atoms with Crippen molar-refractivity contribution in [2.24, 2.45) is 0 Å². The zero-order chi connectivity index (χ0) is 16.9. The molecule has 3 rings (SSSR count). The number of halogens is 1. The van der Waals surface area contributed by atoms with E-state index in [1.807, 2.05) is 23.1 Å². The van der Waals surface area contributed by atoms with Gasteiger partial charge in [-0.25, -0.2) is 4.39 Å². The van der Waals surface area contributed by atoms with Crippen LogP contribution in [0.15, 0.2) is 48.5 Å². The Kier molecular flexibility index (Phi) is 4.90. The molecule has 2 aromatic carbocycles. The summed E-state index contributed by atoms with van der Waals surface area (Å²) in [4.78, 5) is 14.5. The molecule has 4 heteroatoms. The fraction of sp³-hybridized carbons (Fsp3) is 0.300. The highest BCUT2D eigenvalue weighted by Crippen LogP contribution is 2.29. The first-order chi connectivity index (χ1) is 11.7. The Labute approximate surface area is 141 Å². The summed E-state index contributed by atoms with van der Waals surface area (Å²) in [6.07, 6.45) is 3.13. The van der Waals surface area contributed by atoms with Gasteiger partial charge in [-0.1, -0.05) is 24.3 Å². The van der Waals surface area contributed by atoms with Crippen LogP contribution in [0.4, 0.5) is 4.39 Å². The molecule has 0 radical (unpaired) electrons. The van der Waals surface area contributed by atoms with Crippen molar-refractivity contribution in [1.29, 1.82) is 5.26 Å². The molecule has 0 aliphatic heterocycles. The Morgan fingerprint density at radius 1 is 1.17 bits per heavy atom. The molecule has 0 aromatic heterocycles. The molecular formula is C20H19FN2O. The number of hydrogen-bond donors (Lipinski definition) is 0. The van der Waals surface area contributed by atoms with Crippen molar-refractivity contribution in [1.82, 2.24) is 4.90 Å². The predicted octanol–water partition coefficient (Wildman–Crippen LogP) is 3.82. The number of hydrogen-bond acceptors (Lipinski definition) is 2. The number of benzene rings is 2. The largest absolute Gasteiger partial charge is 0.335 e. The first-order valence-corrected chi connectivity index (χ1v) is 8.18. The normalized spacial score (nSPS) is 13.3. The van der Waals surface area contributed by atoms with Crippen LogP contribution in [0, 0.1) is 17.1 Å². The van der Waals surface area contributed by atoms with Crippen LogP contribution in [0.5, 0.6) is 0 Å². The fourth-order valence-electron chi connectivity index (χ4n) is 2.78. The summed E-state index contributed by atoms with van der Waals surface area (Å²) in [6, 6.07) is 16.1. The molecule has 0 unspecified atom stereocenters. The van der Waals surface area contributed by atoms with Gasteiger partial charge in [0, 0.05) is 19.0 Å². The zero-order valence-corrected chi connectivity index (χ0v) is 13.4. The highest BCUT2D eigenvalue weighted by atomic mass is 19.1. The van der Waals surface area contributed by atoms with E-state index in [1.54, 1.807) is 18.2 Å². The highest BCUT2D eigenvalue weighted by Gasteiger charge is 2.32. The second-order valence-corrected chi connectivity index (χ2v) is 6.19. The molecule has 1 aliphatic rings. The van der Waals surface area contributed by atoms with Gasteiger partial charge in [0.15, 0.2) is 0 Å². The lowest BCUT2D eigenvalue weighted by atomic mass is 10.1. The van der Waals surface area contributed by atoms with E-state index in [2.05, 4.69) is 6.07 Å². The molecule has 1 fully saturated rings. The Bertz CT molecular complexity index is 760. The Morgan fingerprint density at radius 3 is 2.54 bits per heavy atom. The van der Waals surface area contributed by atoms with Crippen LogP contribution in [-0.4, -0.2) is 16.8 Å². The Hall–Kier alpha value is -2.67. The third kappa shape index (κ3) is 4.20. The molecule has 0 heterocycles. The number of carbonyl (C=O) groups excluding carboxylic acids is 1. The minimum absolute atomic E-state index is 0.103. The van der Waals surface area contributed by atoms with E-state index in [4.69, 9.17) is 5.26 Å². The summed E-state index contributed by atoms with van der Waals surface area (Å²) in [6.45, 7) is 0.467. The number of carbonyl (C=O) groups is 1. The van der Waals surface area contributed by atoms with Crippen molar-refractivity contribution in [3.8, 4) is 6.07 Å². The molecule has 1 amide bonds. The van der Waals surface area contributed by atoms with E-state index in [0.717, 1.165) is 24.0 Å². The predicted molar refractivity (Wildman–Crippen MR) is 89.5 cm³/mol. The van der Waals surface area contributed by atoms with Gasteiger partial charge < -0.3 is 4.90 Å².